The van der Waals surface area contributed by atoms with Crippen molar-refractivity contribution in [2.24, 2.45) is 0 Å². The van der Waals surface area contributed by atoms with Crippen molar-refractivity contribution < 1.29 is 9.53 Å². The number of H-pyrrole nitrogens is 1. The number of amides is 1. The Balaban J connectivity index is 1.39. The van der Waals surface area contributed by atoms with Gasteiger partial charge in [0.1, 0.15) is 0 Å². The Morgan fingerprint density at radius 2 is 1.97 bits per heavy atom. The number of carbonyl (C=O) groups excluding carboxylic acids is 1. The predicted molar refractivity (Wildman–Crippen MR) is 134 cm³/mol. The van der Waals surface area contributed by atoms with E-state index in [1.54, 1.807) is 18.6 Å². The van der Waals surface area contributed by atoms with E-state index in [1.165, 1.54) is 0 Å². The molecule has 5 rings (SSSR count). The molecule has 4 heterocycles. The van der Waals surface area contributed by atoms with Crippen molar-refractivity contribution >= 4 is 28.2 Å². The number of nitrogens with two attached hydrogens (primary N) is 1. The van der Waals surface area contributed by atoms with Crippen LogP contribution < -0.4 is 11.1 Å². The second-order valence-corrected chi connectivity index (χ2v) is 8.48. The summed E-state index contributed by atoms with van der Waals surface area (Å²) in [6.07, 6.45) is 5.82. The van der Waals surface area contributed by atoms with Crippen molar-refractivity contribution in [1.29, 1.82) is 0 Å². The van der Waals surface area contributed by atoms with E-state index in [2.05, 4.69) is 25.2 Å². The van der Waals surface area contributed by atoms with Crippen LogP contribution in [-0.4, -0.2) is 52.1 Å². The number of fused-ring (bicyclic) bond motifs is 1. The molecule has 1 saturated heterocycles. The fourth-order valence-corrected chi connectivity index (χ4v) is 4.34. The van der Waals surface area contributed by atoms with Gasteiger partial charge in [0, 0.05) is 54.2 Å². The molecule has 3 aromatic heterocycles. The Morgan fingerprint density at radius 1 is 1.12 bits per heavy atom. The van der Waals surface area contributed by atoms with Gasteiger partial charge in [0.15, 0.2) is 0 Å². The molecule has 34 heavy (non-hydrogen) atoms. The lowest BCUT2D eigenvalue weighted by Crippen LogP contribution is -2.35. The summed E-state index contributed by atoms with van der Waals surface area (Å²) in [7, 11) is 0. The van der Waals surface area contributed by atoms with E-state index < -0.39 is 0 Å². The smallest absolute Gasteiger partial charge is 0.258 e. The van der Waals surface area contributed by atoms with Crippen LogP contribution in [0.5, 0.6) is 0 Å². The highest BCUT2D eigenvalue weighted by atomic mass is 16.5. The van der Waals surface area contributed by atoms with Crippen molar-refractivity contribution in [2.45, 2.75) is 19.9 Å². The number of aromatic nitrogens is 3. The fraction of sp³-hybridized carbons (Fsp3) is 0.269. The van der Waals surface area contributed by atoms with Crippen LogP contribution in [0.2, 0.25) is 0 Å². The van der Waals surface area contributed by atoms with E-state index in [-0.39, 0.29) is 5.91 Å². The summed E-state index contributed by atoms with van der Waals surface area (Å²) in [5.41, 5.74) is 12.5. The first-order valence-electron chi connectivity index (χ1n) is 11.5. The summed E-state index contributed by atoms with van der Waals surface area (Å²) in [5, 5.41) is 3.89. The molecular weight excluding hydrogens is 428 g/mol. The molecule has 4 aromatic rings. The zero-order valence-corrected chi connectivity index (χ0v) is 19.2. The topological polar surface area (TPSA) is 109 Å². The van der Waals surface area contributed by atoms with Gasteiger partial charge in [-0.3, -0.25) is 19.7 Å². The highest BCUT2D eigenvalue weighted by Crippen LogP contribution is 2.30. The van der Waals surface area contributed by atoms with Gasteiger partial charge in [-0.2, -0.15) is 0 Å². The highest BCUT2D eigenvalue weighted by Gasteiger charge is 2.19. The molecule has 0 atom stereocenters. The third-order valence-electron chi connectivity index (χ3n) is 6.12. The fourth-order valence-electron chi connectivity index (χ4n) is 4.34. The summed E-state index contributed by atoms with van der Waals surface area (Å²) in [5.74, 6) is -0.159. The van der Waals surface area contributed by atoms with E-state index in [9.17, 15) is 4.79 Å². The van der Waals surface area contributed by atoms with Crippen LogP contribution in [0.15, 0.2) is 55.0 Å². The zero-order valence-electron chi connectivity index (χ0n) is 19.2. The zero-order chi connectivity index (χ0) is 23.5. The number of hydrogen-bond acceptors (Lipinski definition) is 6. The summed E-state index contributed by atoms with van der Waals surface area (Å²) in [4.78, 5) is 27.8. The third kappa shape index (κ3) is 4.64. The maximum absolute atomic E-state index is 13.4. The molecule has 1 fully saturated rings. The second kappa shape index (κ2) is 9.62. The summed E-state index contributed by atoms with van der Waals surface area (Å²) >= 11 is 0. The molecule has 1 aliphatic rings. The Morgan fingerprint density at radius 3 is 2.71 bits per heavy atom. The number of aromatic amines is 1. The van der Waals surface area contributed by atoms with E-state index in [4.69, 9.17) is 10.5 Å². The number of pyridine rings is 2. The van der Waals surface area contributed by atoms with E-state index in [1.807, 2.05) is 43.3 Å². The highest BCUT2D eigenvalue weighted by molar-refractivity contribution is 6.14. The van der Waals surface area contributed by atoms with Crippen molar-refractivity contribution in [3.63, 3.8) is 0 Å². The number of anilines is 2. The lowest BCUT2D eigenvalue weighted by Gasteiger charge is -2.26. The van der Waals surface area contributed by atoms with Gasteiger partial charge < -0.3 is 20.8 Å². The molecule has 0 saturated carbocycles. The first kappa shape index (κ1) is 22.1. The summed E-state index contributed by atoms with van der Waals surface area (Å²) in [6, 6.07) is 11.8. The molecule has 1 aliphatic heterocycles. The Hall–Kier alpha value is -3.75. The van der Waals surface area contributed by atoms with Crippen LogP contribution >= 0.6 is 0 Å². The second-order valence-electron chi connectivity index (χ2n) is 8.48. The average Bonchev–Trinajstić information content (AvgIpc) is 3.24. The first-order valence-corrected chi connectivity index (χ1v) is 11.5. The van der Waals surface area contributed by atoms with Crippen LogP contribution in [0, 0.1) is 0 Å². The lowest BCUT2D eigenvalue weighted by molar-refractivity contribution is 0.0336. The van der Waals surface area contributed by atoms with Crippen molar-refractivity contribution in [3.8, 4) is 11.1 Å². The third-order valence-corrected chi connectivity index (χ3v) is 6.12. The van der Waals surface area contributed by atoms with E-state index in [0.717, 1.165) is 66.3 Å². The maximum atomic E-state index is 13.4. The van der Waals surface area contributed by atoms with Crippen molar-refractivity contribution in [3.05, 3.63) is 71.9 Å². The molecule has 0 aliphatic carbocycles. The van der Waals surface area contributed by atoms with E-state index >= 15 is 0 Å². The number of carbonyl (C=O) groups is 1. The molecule has 0 bridgehead atoms. The minimum atomic E-state index is -0.159. The minimum absolute atomic E-state index is 0.159. The van der Waals surface area contributed by atoms with Crippen molar-refractivity contribution in [2.75, 3.05) is 37.4 Å². The Labute approximate surface area is 198 Å². The van der Waals surface area contributed by atoms with Gasteiger partial charge in [-0.15, -0.1) is 0 Å². The Kier molecular flexibility index (Phi) is 6.24. The van der Waals surface area contributed by atoms with Crippen LogP contribution in [0.1, 0.15) is 28.7 Å². The van der Waals surface area contributed by atoms with Crippen LogP contribution in [-0.2, 0) is 17.7 Å². The predicted octanol–water partition coefficient (Wildman–Crippen LogP) is 3.85. The van der Waals surface area contributed by atoms with Gasteiger partial charge in [0.05, 0.1) is 42.0 Å². The molecule has 0 radical (unpaired) electrons. The van der Waals surface area contributed by atoms with Crippen LogP contribution in [0.3, 0.4) is 0 Å². The van der Waals surface area contributed by atoms with Crippen LogP contribution in [0.4, 0.5) is 11.4 Å². The molecule has 0 unspecified atom stereocenters. The van der Waals surface area contributed by atoms with Crippen LogP contribution in [0.25, 0.3) is 22.0 Å². The summed E-state index contributed by atoms with van der Waals surface area (Å²) in [6.45, 7) is 6.15. The van der Waals surface area contributed by atoms with Crippen molar-refractivity contribution in [1.82, 2.24) is 19.9 Å². The van der Waals surface area contributed by atoms with Gasteiger partial charge >= 0.3 is 0 Å². The summed E-state index contributed by atoms with van der Waals surface area (Å²) < 4.78 is 5.40. The lowest BCUT2D eigenvalue weighted by atomic mass is 10.0. The molecule has 4 N–H and O–H groups in total. The minimum Gasteiger partial charge on any atom is -0.397 e. The number of nitrogens with one attached hydrogen (secondary N) is 2. The monoisotopic (exact) mass is 456 g/mol. The molecule has 174 valence electrons. The largest absolute Gasteiger partial charge is 0.397 e. The van der Waals surface area contributed by atoms with Gasteiger partial charge in [0.2, 0.25) is 0 Å². The van der Waals surface area contributed by atoms with Gasteiger partial charge in [-0.25, -0.2) is 0 Å². The Bertz CT molecular complexity index is 1310. The van der Waals surface area contributed by atoms with Gasteiger partial charge in [0.25, 0.3) is 5.91 Å². The number of nitrogens with zero attached hydrogens (tertiary/aromatic N) is 3. The van der Waals surface area contributed by atoms with Gasteiger partial charge in [-0.1, -0.05) is 13.0 Å². The number of hydrogen-bond donors (Lipinski definition) is 3. The number of morpholine rings is 1. The molecule has 8 nitrogen and oxygen atoms in total. The SMILES string of the molecule is CCc1[nH]c2ccc(-c3cncc(N)c3)cc2c1C(=O)Nc1ccc(CN2CCOCC2)nc1. The molecule has 8 heteroatoms. The number of aryl methyl sites for hydroxylation is 1. The molecule has 0 spiro atoms. The van der Waals surface area contributed by atoms with Gasteiger partial charge in [-0.05, 0) is 42.3 Å². The maximum Gasteiger partial charge on any atom is 0.258 e. The molecule has 1 aromatic carbocycles. The average molecular weight is 457 g/mol. The number of rotatable bonds is 6. The first-order chi connectivity index (χ1) is 16.6. The van der Waals surface area contributed by atoms with E-state index in [0.29, 0.717) is 23.4 Å². The molecule has 1 amide bonds. The number of benzene rings is 1. The quantitative estimate of drug-likeness (QED) is 0.407. The normalized spacial score (nSPS) is 14.4. The number of nitrogen functional groups attached to an aromatic ring is 1. The standard InChI is InChI=1S/C26H28N6O2/c1-2-23-25(22-12-17(3-6-24(22)31-23)18-11-19(27)14-28-13-18)26(33)30-20-4-5-21(29-15-20)16-32-7-9-34-10-8-32/h3-6,11-15,31H,2,7-10,16,27H2,1H3,(H,30,33). The number of ether oxygens (including phenoxy) is 1. The molecular formula is C26H28N6O2.